The zero-order valence-electron chi connectivity index (χ0n) is 10.4. The molecule has 8 heteroatoms. The summed E-state index contributed by atoms with van der Waals surface area (Å²) < 4.78 is 39.6. The molecule has 1 saturated heterocycles. The topological polar surface area (TPSA) is 74.7 Å². The second kappa shape index (κ2) is 5.67. The van der Waals surface area contributed by atoms with Gasteiger partial charge in [0, 0.05) is 6.54 Å². The van der Waals surface area contributed by atoms with E-state index in [1.165, 1.54) is 12.1 Å². The van der Waals surface area contributed by atoms with E-state index in [4.69, 9.17) is 16.7 Å². The average Bonchev–Trinajstić information content (AvgIpc) is 2.38. The van der Waals surface area contributed by atoms with E-state index in [1.807, 2.05) is 0 Å². The van der Waals surface area contributed by atoms with E-state index in [1.54, 1.807) is 0 Å². The number of hydrogen-bond donors (Lipinski definition) is 1. The van der Waals surface area contributed by atoms with Crippen molar-refractivity contribution in [3.63, 3.8) is 0 Å². The summed E-state index contributed by atoms with van der Waals surface area (Å²) in [6.07, 6.45) is 1.36. The lowest BCUT2D eigenvalue weighted by atomic mass is 10.1. The standard InChI is InChI=1S/C12H13ClFNO4S/c13-8-4-3-5-9(14)11(8)20(18,19)15-7-2-1-6-10(15)12(16)17/h3-5,10H,1-2,6-7H2,(H,16,17). The summed E-state index contributed by atoms with van der Waals surface area (Å²) in [7, 11) is -4.27. The van der Waals surface area contributed by atoms with E-state index in [0.717, 1.165) is 10.4 Å². The number of rotatable bonds is 3. The highest BCUT2D eigenvalue weighted by Crippen LogP contribution is 2.31. The molecule has 2 rings (SSSR count). The van der Waals surface area contributed by atoms with E-state index in [2.05, 4.69) is 0 Å². The molecule has 110 valence electrons. The Hall–Kier alpha value is -1.18. The van der Waals surface area contributed by atoms with Gasteiger partial charge in [0.2, 0.25) is 10.0 Å². The number of halogens is 2. The number of carbonyl (C=O) groups is 1. The van der Waals surface area contributed by atoms with Crippen LogP contribution in [0.4, 0.5) is 4.39 Å². The van der Waals surface area contributed by atoms with Crippen LogP contribution in [0, 0.1) is 5.82 Å². The number of nitrogens with zero attached hydrogens (tertiary/aromatic N) is 1. The third-order valence-electron chi connectivity index (χ3n) is 3.22. The summed E-state index contributed by atoms with van der Waals surface area (Å²) in [5.41, 5.74) is 0. The zero-order valence-corrected chi connectivity index (χ0v) is 12.0. The van der Waals surface area contributed by atoms with Crippen molar-refractivity contribution in [2.45, 2.75) is 30.2 Å². The number of sulfonamides is 1. The number of piperidine rings is 1. The summed E-state index contributed by atoms with van der Waals surface area (Å²) in [6.45, 7) is 0.0456. The Labute approximate surface area is 121 Å². The fourth-order valence-electron chi connectivity index (χ4n) is 2.29. The van der Waals surface area contributed by atoms with Gasteiger partial charge < -0.3 is 5.11 Å². The van der Waals surface area contributed by atoms with Crippen molar-refractivity contribution < 1.29 is 22.7 Å². The molecule has 0 bridgehead atoms. The van der Waals surface area contributed by atoms with Crippen LogP contribution >= 0.6 is 11.6 Å². The predicted octanol–water partition coefficient (Wildman–Crippen LogP) is 2.11. The van der Waals surface area contributed by atoms with Crippen LogP contribution in [0.25, 0.3) is 0 Å². The SMILES string of the molecule is O=C(O)C1CCCCN1S(=O)(=O)c1c(F)cccc1Cl. The largest absolute Gasteiger partial charge is 0.480 e. The van der Waals surface area contributed by atoms with Gasteiger partial charge in [-0.15, -0.1) is 0 Å². The predicted molar refractivity (Wildman–Crippen MR) is 70.6 cm³/mol. The Morgan fingerprint density at radius 1 is 1.40 bits per heavy atom. The van der Waals surface area contributed by atoms with Crippen LogP contribution < -0.4 is 0 Å². The molecule has 1 unspecified atom stereocenters. The molecule has 1 fully saturated rings. The van der Waals surface area contributed by atoms with Crippen LogP contribution in [-0.4, -0.2) is 36.4 Å². The van der Waals surface area contributed by atoms with Gasteiger partial charge in [0.1, 0.15) is 16.8 Å². The minimum atomic E-state index is -4.27. The van der Waals surface area contributed by atoms with Crippen LogP contribution in [0.15, 0.2) is 23.1 Å². The second-order valence-electron chi connectivity index (χ2n) is 4.52. The molecule has 1 heterocycles. The normalized spacial score (nSPS) is 20.8. The van der Waals surface area contributed by atoms with E-state index >= 15 is 0 Å². The fourth-order valence-corrected chi connectivity index (χ4v) is 4.50. The van der Waals surface area contributed by atoms with E-state index in [9.17, 15) is 17.6 Å². The monoisotopic (exact) mass is 321 g/mol. The second-order valence-corrected chi connectivity index (χ2v) is 6.75. The highest BCUT2D eigenvalue weighted by atomic mass is 35.5. The lowest BCUT2D eigenvalue weighted by Crippen LogP contribution is -2.48. The fraction of sp³-hybridized carbons (Fsp3) is 0.417. The van der Waals surface area contributed by atoms with Crippen LogP contribution in [-0.2, 0) is 14.8 Å². The number of aliphatic carboxylic acids is 1. The first-order chi connectivity index (χ1) is 9.35. The van der Waals surface area contributed by atoms with Crippen molar-refractivity contribution in [2.24, 2.45) is 0 Å². The smallest absolute Gasteiger partial charge is 0.322 e. The molecule has 1 aliphatic rings. The van der Waals surface area contributed by atoms with Crippen molar-refractivity contribution >= 4 is 27.6 Å². The van der Waals surface area contributed by atoms with Gasteiger partial charge in [-0.05, 0) is 31.4 Å². The number of benzene rings is 1. The Bertz CT molecular complexity index is 614. The molecular formula is C12H13ClFNO4S. The van der Waals surface area contributed by atoms with Crippen LogP contribution in [0.1, 0.15) is 19.3 Å². The molecule has 1 aromatic carbocycles. The first-order valence-corrected chi connectivity index (χ1v) is 7.86. The van der Waals surface area contributed by atoms with Gasteiger partial charge in [0.25, 0.3) is 0 Å². The third-order valence-corrected chi connectivity index (χ3v) is 5.64. The molecule has 1 N–H and O–H groups in total. The maximum Gasteiger partial charge on any atom is 0.322 e. The molecule has 1 atom stereocenters. The van der Waals surface area contributed by atoms with Crippen molar-refractivity contribution in [2.75, 3.05) is 6.54 Å². The summed E-state index contributed by atoms with van der Waals surface area (Å²) in [5, 5.41) is 8.87. The lowest BCUT2D eigenvalue weighted by Gasteiger charge is -2.32. The van der Waals surface area contributed by atoms with Gasteiger partial charge in [0.05, 0.1) is 5.02 Å². The van der Waals surface area contributed by atoms with Crippen LogP contribution in [0.3, 0.4) is 0 Å². The van der Waals surface area contributed by atoms with Crippen molar-refractivity contribution in [3.05, 3.63) is 29.0 Å². The number of hydrogen-bond acceptors (Lipinski definition) is 3. The minimum Gasteiger partial charge on any atom is -0.480 e. The van der Waals surface area contributed by atoms with Crippen molar-refractivity contribution in [1.29, 1.82) is 0 Å². The van der Waals surface area contributed by atoms with Crippen molar-refractivity contribution in [3.8, 4) is 0 Å². The molecular weight excluding hydrogens is 309 g/mol. The third kappa shape index (κ3) is 2.65. The van der Waals surface area contributed by atoms with Gasteiger partial charge in [0.15, 0.2) is 0 Å². The summed E-state index contributed by atoms with van der Waals surface area (Å²) in [5.74, 6) is -2.21. The van der Waals surface area contributed by atoms with Crippen LogP contribution in [0.5, 0.6) is 0 Å². The summed E-state index contributed by atoms with van der Waals surface area (Å²) in [6, 6.07) is 2.36. The molecule has 0 aromatic heterocycles. The molecule has 1 aromatic rings. The molecule has 0 saturated carbocycles. The Kier molecular flexibility index (Phi) is 4.31. The maximum absolute atomic E-state index is 13.8. The molecule has 0 aliphatic carbocycles. The van der Waals surface area contributed by atoms with E-state index < -0.39 is 32.7 Å². The van der Waals surface area contributed by atoms with Crippen LogP contribution in [0.2, 0.25) is 5.02 Å². The van der Waals surface area contributed by atoms with Gasteiger partial charge in [-0.2, -0.15) is 4.31 Å². The molecule has 5 nitrogen and oxygen atoms in total. The molecule has 1 aliphatic heterocycles. The van der Waals surface area contributed by atoms with E-state index in [0.29, 0.717) is 12.8 Å². The highest BCUT2D eigenvalue weighted by Gasteiger charge is 2.39. The zero-order chi connectivity index (χ0) is 14.9. The number of carboxylic acid groups (broad SMARTS) is 1. The first-order valence-electron chi connectivity index (χ1n) is 6.04. The lowest BCUT2D eigenvalue weighted by molar-refractivity contribution is -0.142. The van der Waals surface area contributed by atoms with Gasteiger partial charge in [-0.25, -0.2) is 12.8 Å². The summed E-state index contributed by atoms with van der Waals surface area (Å²) >= 11 is 5.77. The average molecular weight is 322 g/mol. The van der Waals surface area contributed by atoms with E-state index in [-0.39, 0.29) is 18.0 Å². The Morgan fingerprint density at radius 2 is 2.10 bits per heavy atom. The minimum absolute atomic E-state index is 0.0456. The molecule has 0 radical (unpaired) electrons. The first kappa shape index (κ1) is 15.2. The molecule has 0 amide bonds. The van der Waals surface area contributed by atoms with Crippen molar-refractivity contribution in [1.82, 2.24) is 4.31 Å². The van der Waals surface area contributed by atoms with Gasteiger partial charge in [-0.1, -0.05) is 17.7 Å². The quantitative estimate of drug-likeness (QED) is 0.925. The molecule has 20 heavy (non-hydrogen) atoms. The van der Waals surface area contributed by atoms with Gasteiger partial charge in [-0.3, -0.25) is 4.79 Å². The summed E-state index contributed by atoms with van der Waals surface area (Å²) in [4.78, 5) is 10.5. The Morgan fingerprint density at radius 3 is 2.70 bits per heavy atom. The maximum atomic E-state index is 13.8. The molecule has 0 spiro atoms. The van der Waals surface area contributed by atoms with Gasteiger partial charge >= 0.3 is 5.97 Å². The number of carboxylic acids is 1. The highest BCUT2D eigenvalue weighted by molar-refractivity contribution is 7.89. The Balaban J connectivity index is 2.51.